The first-order valence-electron chi connectivity index (χ1n) is 19.4. The lowest BCUT2D eigenvalue weighted by Gasteiger charge is -2.14. The van der Waals surface area contributed by atoms with Gasteiger partial charge >= 0.3 is 0 Å². The molecule has 270 valence electrons. The van der Waals surface area contributed by atoms with Gasteiger partial charge in [-0.1, -0.05) is 140 Å². The lowest BCUT2D eigenvalue weighted by atomic mass is 9.92. The van der Waals surface area contributed by atoms with Gasteiger partial charge in [0.2, 0.25) is 0 Å². The van der Waals surface area contributed by atoms with Crippen molar-refractivity contribution in [3.8, 4) is 56.4 Å². The highest BCUT2D eigenvalue weighted by atomic mass is 16.3. The second-order valence-electron chi connectivity index (χ2n) is 14.7. The van der Waals surface area contributed by atoms with Gasteiger partial charge in [0.05, 0.1) is 0 Å². The summed E-state index contributed by atoms with van der Waals surface area (Å²) in [6.45, 7) is 0. The Bertz CT molecular complexity index is 3580. The minimum atomic E-state index is 0.595. The zero-order chi connectivity index (χ0) is 38.2. The average Bonchev–Trinajstić information content (AvgIpc) is 3.88. The van der Waals surface area contributed by atoms with Crippen LogP contribution in [-0.2, 0) is 0 Å². The molecule has 0 radical (unpaired) electrons. The van der Waals surface area contributed by atoms with Crippen LogP contribution in [-0.4, -0.2) is 15.0 Å². The standard InChI is InChI=1S/C53H31N3O2/c1-2-12-32(13-3-1)33-15-10-16-36(28-33)51-54-52(37-24-26-40-35(29-37)25-27-48-49(40)42-18-6-8-21-45(42)58-48)56-53(55-51)38-30-34-14-4-5-17-39(34)44(31-38)41-20-11-23-47-50(41)43-19-7-9-22-46(43)57-47/h1-31H. The topological polar surface area (TPSA) is 65.0 Å². The van der Waals surface area contributed by atoms with Crippen molar-refractivity contribution in [1.29, 1.82) is 0 Å². The summed E-state index contributed by atoms with van der Waals surface area (Å²) in [6, 6.07) is 65.2. The molecule has 12 rings (SSSR count). The molecule has 0 saturated carbocycles. The number of hydrogen-bond acceptors (Lipinski definition) is 5. The predicted molar refractivity (Wildman–Crippen MR) is 237 cm³/mol. The smallest absolute Gasteiger partial charge is 0.164 e. The van der Waals surface area contributed by atoms with Gasteiger partial charge in [0.1, 0.15) is 22.3 Å². The zero-order valence-electron chi connectivity index (χ0n) is 31.1. The van der Waals surface area contributed by atoms with E-state index in [1.54, 1.807) is 0 Å². The highest BCUT2D eigenvalue weighted by Gasteiger charge is 2.19. The molecular formula is C53H31N3O2. The number of fused-ring (bicyclic) bond motifs is 9. The van der Waals surface area contributed by atoms with E-state index in [4.69, 9.17) is 23.8 Å². The summed E-state index contributed by atoms with van der Waals surface area (Å²) in [7, 11) is 0. The third-order valence-corrected chi connectivity index (χ3v) is 11.3. The molecule has 0 aliphatic rings. The summed E-state index contributed by atoms with van der Waals surface area (Å²) in [5, 5.41) is 8.83. The number of para-hydroxylation sites is 2. The van der Waals surface area contributed by atoms with Crippen LogP contribution < -0.4 is 0 Å². The van der Waals surface area contributed by atoms with Crippen LogP contribution in [0.3, 0.4) is 0 Å². The Balaban J connectivity index is 1.09. The van der Waals surface area contributed by atoms with Crippen molar-refractivity contribution in [1.82, 2.24) is 15.0 Å². The monoisotopic (exact) mass is 741 g/mol. The van der Waals surface area contributed by atoms with Crippen LogP contribution in [0.25, 0.3) is 122 Å². The van der Waals surface area contributed by atoms with Crippen molar-refractivity contribution < 1.29 is 8.83 Å². The van der Waals surface area contributed by atoms with E-state index in [1.807, 2.05) is 36.4 Å². The predicted octanol–water partition coefficient (Wildman–Crippen LogP) is 14.3. The van der Waals surface area contributed by atoms with Crippen molar-refractivity contribution in [2.75, 3.05) is 0 Å². The highest BCUT2D eigenvalue weighted by molar-refractivity contribution is 6.19. The number of aromatic nitrogens is 3. The average molecular weight is 742 g/mol. The van der Waals surface area contributed by atoms with Crippen molar-refractivity contribution in [2.45, 2.75) is 0 Å². The van der Waals surface area contributed by atoms with Crippen molar-refractivity contribution in [2.24, 2.45) is 0 Å². The molecule has 0 saturated heterocycles. The second kappa shape index (κ2) is 12.8. The fourth-order valence-electron chi connectivity index (χ4n) is 8.59. The molecule has 9 aromatic carbocycles. The Morgan fingerprint density at radius 3 is 1.62 bits per heavy atom. The minimum Gasteiger partial charge on any atom is -0.456 e. The van der Waals surface area contributed by atoms with E-state index in [0.717, 1.165) is 104 Å². The van der Waals surface area contributed by atoms with Crippen molar-refractivity contribution in [3.05, 3.63) is 188 Å². The molecule has 3 aromatic heterocycles. The largest absolute Gasteiger partial charge is 0.456 e. The van der Waals surface area contributed by atoms with Gasteiger partial charge in [-0.05, 0) is 92.3 Å². The number of nitrogens with zero attached hydrogens (tertiary/aromatic N) is 3. The van der Waals surface area contributed by atoms with E-state index in [9.17, 15) is 0 Å². The maximum absolute atomic E-state index is 6.34. The summed E-state index contributed by atoms with van der Waals surface area (Å²) in [4.78, 5) is 15.7. The summed E-state index contributed by atoms with van der Waals surface area (Å²) in [5.74, 6) is 1.80. The third-order valence-electron chi connectivity index (χ3n) is 11.3. The number of furan rings is 2. The maximum atomic E-state index is 6.34. The van der Waals surface area contributed by atoms with Gasteiger partial charge in [-0.3, -0.25) is 0 Å². The summed E-state index contributed by atoms with van der Waals surface area (Å²) < 4.78 is 12.6. The number of hydrogen-bond donors (Lipinski definition) is 0. The van der Waals surface area contributed by atoms with Crippen LogP contribution in [0.5, 0.6) is 0 Å². The Hall–Kier alpha value is -7.89. The first kappa shape index (κ1) is 32.4. The molecule has 12 aromatic rings. The number of benzene rings is 9. The highest BCUT2D eigenvalue weighted by Crippen LogP contribution is 2.42. The fourth-order valence-corrected chi connectivity index (χ4v) is 8.59. The Kier molecular flexibility index (Phi) is 7.16. The Labute approximate surface area is 332 Å². The van der Waals surface area contributed by atoms with E-state index < -0.39 is 0 Å². The SMILES string of the molecule is c1ccc(-c2cccc(-c3nc(-c4cc(-c5cccc6oc7ccccc7c56)c5ccccc5c4)nc(-c4ccc5c(ccc6oc7ccccc7c65)c4)n3)c2)cc1. The van der Waals surface area contributed by atoms with Crippen LogP contribution in [0.2, 0.25) is 0 Å². The Morgan fingerprint density at radius 2 is 0.828 bits per heavy atom. The molecular weight excluding hydrogens is 711 g/mol. The number of rotatable bonds is 5. The second-order valence-corrected chi connectivity index (χ2v) is 14.7. The van der Waals surface area contributed by atoms with Gasteiger partial charge in [-0.15, -0.1) is 0 Å². The van der Waals surface area contributed by atoms with E-state index >= 15 is 0 Å². The minimum absolute atomic E-state index is 0.595. The van der Waals surface area contributed by atoms with Crippen molar-refractivity contribution in [3.63, 3.8) is 0 Å². The molecule has 0 fully saturated rings. The van der Waals surface area contributed by atoms with Gasteiger partial charge in [-0.2, -0.15) is 0 Å². The first-order valence-corrected chi connectivity index (χ1v) is 19.4. The van der Waals surface area contributed by atoms with Crippen molar-refractivity contribution >= 4 is 65.4 Å². The molecule has 3 heterocycles. The molecule has 0 unspecified atom stereocenters. The van der Waals surface area contributed by atoms with Gasteiger partial charge < -0.3 is 8.83 Å². The van der Waals surface area contributed by atoms with Crippen LogP contribution in [0.4, 0.5) is 0 Å². The Morgan fingerprint density at radius 1 is 0.276 bits per heavy atom. The van der Waals surface area contributed by atoms with Crippen LogP contribution in [0, 0.1) is 0 Å². The zero-order valence-corrected chi connectivity index (χ0v) is 31.1. The molecule has 5 nitrogen and oxygen atoms in total. The van der Waals surface area contributed by atoms with E-state index in [1.165, 1.54) is 0 Å². The molecule has 0 amide bonds. The normalized spacial score (nSPS) is 11.8. The molecule has 5 heteroatoms. The summed E-state index contributed by atoms with van der Waals surface area (Å²) >= 11 is 0. The molecule has 58 heavy (non-hydrogen) atoms. The molecule has 0 spiro atoms. The van der Waals surface area contributed by atoms with Crippen LogP contribution in [0.1, 0.15) is 0 Å². The summed E-state index contributed by atoms with van der Waals surface area (Å²) in [6.07, 6.45) is 0. The fraction of sp³-hybridized carbons (Fsp3) is 0. The molecule has 0 aliphatic carbocycles. The van der Waals surface area contributed by atoms with Crippen LogP contribution in [0.15, 0.2) is 197 Å². The van der Waals surface area contributed by atoms with E-state index in [-0.39, 0.29) is 0 Å². The van der Waals surface area contributed by atoms with Crippen LogP contribution >= 0.6 is 0 Å². The quantitative estimate of drug-likeness (QED) is 0.176. The molecule has 0 aliphatic heterocycles. The molecule has 0 atom stereocenters. The van der Waals surface area contributed by atoms with Gasteiger partial charge in [0.15, 0.2) is 17.5 Å². The van der Waals surface area contributed by atoms with E-state index in [2.05, 4.69) is 152 Å². The lowest BCUT2D eigenvalue weighted by molar-refractivity contribution is 0.668. The first-order chi connectivity index (χ1) is 28.7. The molecule has 0 N–H and O–H groups in total. The van der Waals surface area contributed by atoms with E-state index in [0.29, 0.717) is 17.5 Å². The lowest BCUT2D eigenvalue weighted by Crippen LogP contribution is -2.01. The van der Waals surface area contributed by atoms with Gasteiger partial charge in [0, 0.05) is 38.2 Å². The third kappa shape index (κ3) is 5.21. The maximum Gasteiger partial charge on any atom is 0.164 e. The molecule has 0 bridgehead atoms. The summed E-state index contributed by atoms with van der Waals surface area (Å²) in [5.41, 5.74) is 10.6. The van der Waals surface area contributed by atoms with Gasteiger partial charge in [0.25, 0.3) is 0 Å². The van der Waals surface area contributed by atoms with Gasteiger partial charge in [-0.25, -0.2) is 15.0 Å².